The molecule has 1 aromatic heterocycles. The third-order valence-corrected chi connectivity index (χ3v) is 4.05. The zero-order chi connectivity index (χ0) is 13.9. The lowest BCUT2D eigenvalue weighted by Crippen LogP contribution is -2.10. The molecule has 0 aliphatic rings. The van der Waals surface area contributed by atoms with Crippen LogP contribution in [0.4, 0.5) is 0 Å². The van der Waals surface area contributed by atoms with Gasteiger partial charge in [0, 0.05) is 18.5 Å². The summed E-state index contributed by atoms with van der Waals surface area (Å²) in [6.45, 7) is 0. The predicted octanol–water partition coefficient (Wildman–Crippen LogP) is 1.97. The van der Waals surface area contributed by atoms with Gasteiger partial charge in [0.2, 0.25) is 6.20 Å². The first kappa shape index (κ1) is 13.0. The van der Waals surface area contributed by atoms with Gasteiger partial charge in [-0.2, -0.15) is 0 Å². The molecule has 1 aromatic carbocycles. The number of nitro groups is 1. The van der Waals surface area contributed by atoms with Gasteiger partial charge in [0.25, 0.3) is 10.0 Å². The molecule has 0 amide bonds. The molecule has 0 spiro atoms. The maximum absolute atomic E-state index is 12.2. The van der Waals surface area contributed by atoms with Crippen molar-refractivity contribution in [3.8, 4) is 0 Å². The highest BCUT2D eigenvalue weighted by Gasteiger charge is 2.15. The van der Waals surface area contributed by atoms with Gasteiger partial charge in [0.05, 0.1) is 9.82 Å². The van der Waals surface area contributed by atoms with Crippen molar-refractivity contribution in [2.75, 3.05) is 0 Å². The van der Waals surface area contributed by atoms with Crippen LogP contribution in [0.25, 0.3) is 6.08 Å². The largest absolute Gasteiger partial charge is 0.267 e. The number of hydrogen-bond acceptors (Lipinski definition) is 4. The second-order valence-corrected chi connectivity index (χ2v) is 5.54. The van der Waals surface area contributed by atoms with Crippen LogP contribution >= 0.6 is 0 Å². The van der Waals surface area contributed by atoms with E-state index >= 15 is 0 Å². The van der Waals surface area contributed by atoms with E-state index in [-0.39, 0.29) is 4.90 Å². The quantitative estimate of drug-likeness (QED) is 0.632. The minimum absolute atomic E-state index is 0.162. The zero-order valence-corrected chi connectivity index (χ0v) is 10.5. The van der Waals surface area contributed by atoms with E-state index in [4.69, 9.17) is 0 Å². The highest BCUT2D eigenvalue weighted by Crippen LogP contribution is 2.15. The topological polar surface area (TPSA) is 82.2 Å². The van der Waals surface area contributed by atoms with Crippen LogP contribution in [0, 0.1) is 10.1 Å². The summed E-state index contributed by atoms with van der Waals surface area (Å²) in [6, 6.07) is 9.44. The molecule has 2 aromatic rings. The molecule has 2 rings (SSSR count). The molecule has 7 heteroatoms. The van der Waals surface area contributed by atoms with Gasteiger partial charge < -0.3 is 0 Å². The number of rotatable bonds is 4. The Balaban J connectivity index is 2.35. The van der Waals surface area contributed by atoms with Crippen molar-refractivity contribution in [2.45, 2.75) is 4.90 Å². The van der Waals surface area contributed by atoms with E-state index < -0.39 is 14.9 Å². The Morgan fingerprint density at radius 2 is 1.84 bits per heavy atom. The normalized spacial score (nSPS) is 11.8. The van der Waals surface area contributed by atoms with Crippen molar-refractivity contribution in [3.05, 3.63) is 70.7 Å². The van der Waals surface area contributed by atoms with E-state index in [1.54, 1.807) is 18.2 Å². The number of hydrogen-bond donors (Lipinski definition) is 0. The van der Waals surface area contributed by atoms with Crippen molar-refractivity contribution in [1.29, 1.82) is 0 Å². The van der Waals surface area contributed by atoms with Gasteiger partial charge in [0.15, 0.2) is 0 Å². The summed E-state index contributed by atoms with van der Waals surface area (Å²) < 4.78 is 25.4. The molecule has 0 unspecified atom stereocenters. The number of nitrogens with zero attached hydrogens (tertiary/aromatic N) is 2. The van der Waals surface area contributed by atoms with Gasteiger partial charge in [0.1, 0.15) is 0 Å². The van der Waals surface area contributed by atoms with Crippen molar-refractivity contribution < 1.29 is 13.3 Å². The Hall–Kier alpha value is -2.41. The highest BCUT2D eigenvalue weighted by molar-refractivity contribution is 7.90. The third kappa shape index (κ3) is 2.89. The average molecular weight is 278 g/mol. The van der Waals surface area contributed by atoms with Gasteiger partial charge in [-0.3, -0.25) is 10.1 Å². The fraction of sp³-hybridized carbons (Fsp3) is 0. The fourth-order valence-corrected chi connectivity index (χ4v) is 2.73. The first-order valence-corrected chi connectivity index (χ1v) is 6.74. The molecule has 19 heavy (non-hydrogen) atoms. The summed E-state index contributed by atoms with van der Waals surface area (Å²) >= 11 is 0. The molecule has 0 aliphatic carbocycles. The van der Waals surface area contributed by atoms with E-state index in [1.807, 2.05) is 0 Å². The van der Waals surface area contributed by atoms with Crippen LogP contribution in [0.5, 0.6) is 0 Å². The molecule has 0 fully saturated rings. The standard InChI is InChI=1S/C12H10N2O4S/c15-14(16)9-7-11-6-8-13(10-11)19(17,18)12-4-2-1-3-5-12/h1-10H. The van der Waals surface area contributed by atoms with Gasteiger partial charge >= 0.3 is 0 Å². The van der Waals surface area contributed by atoms with Crippen LogP contribution in [-0.4, -0.2) is 17.3 Å². The minimum Gasteiger partial charge on any atom is -0.259 e. The molecule has 0 atom stereocenters. The first-order valence-electron chi connectivity index (χ1n) is 5.30. The molecule has 0 N–H and O–H groups in total. The third-order valence-electron chi connectivity index (χ3n) is 2.40. The lowest BCUT2D eigenvalue weighted by molar-refractivity contribution is -0.400. The summed E-state index contributed by atoms with van der Waals surface area (Å²) in [7, 11) is -3.64. The van der Waals surface area contributed by atoms with E-state index in [0.29, 0.717) is 5.56 Å². The van der Waals surface area contributed by atoms with Gasteiger partial charge in [-0.1, -0.05) is 18.2 Å². The van der Waals surface area contributed by atoms with Crippen LogP contribution in [0.2, 0.25) is 0 Å². The van der Waals surface area contributed by atoms with Crippen LogP contribution in [0.3, 0.4) is 0 Å². The highest BCUT2D eigenvalue weighted by atomic mass is 32.2. The molecule has 0 aliphatic heterocycles. The molecule has 0 saturated heterocycles. The molecular weight excluding hydrogens is 268 g/mol. The first-order chi connectivity index (χ1) is 9.00. The molecule has 1 heterocycles. The van der Waals surface area contributed by atoms with Gasteiger partial charge in [-0.05, 0) is 23.8 Å². The minimum atomic E-state index is -3.64. The monoisotopic (exact) mass is 278 g/mol. The average Bonchev–Trinajstić information content (AvgIpc) is 2.87. The van der Waals surface area contributed by atoms with E-state index in [1.165, 1.54) is 36.7 Å². The van der Waals surface area contributed by atoms with Crippen LogP contribution in [0.1, 0.15) is 5.56 Å². The van der Waals surface area contributed by atoms with Gasteiger partial charge in [-0.15, -0.1) is 0 Å². The number of aromatic nitrogens is 1. The van der Waals surface area contributed by atoms with Crippen molar-refractivity contribution in [3.63, 3.8) is 0 Å². The lowest BCUT2D eigenvalue weighted by Gasteiger charge is -2.04. The Labute approximate surface area is 109 Å². The Morgan fingerprint density at radius 1 is 1.16 bits per heavy atom. The second-order valence-electron chi connectivity index (χ2n) is 3.69. The summed E-state index contributed by atoms with van der Waals surface area (Å²) in [6.07, 6.45) is 4.66. The zero-order valence-electron chi connectivity index (χ0n) is 9.71. The Kier molecular flexibility index (Phi) is 3.48. The predicted molar refractivity (Wildman–Crippen MR) is 69.5 cm³/mol. The molecule has 98 valence electrons. The fourth-order valence-electron chi connectivity index (χ4n) is 1.50. The van der Waals surface area contributed by atoms with Crippen molar-refractivity contribution in [2.24, 2.45) is 0 Å². The number of benzene rings is 1. The second kappa shape index (κ2) is 5.07. The Bertz CT molecular complexity index is 717. The molecule has 6 nitrogen and oxygen atoms in total. The SMILES string of the molecule is O=[N+]([O-])C=Cc1ccn(S(=O)(=O)c2ccccc2)c1. The summed E-state index contributed by atoms with van der Waals surface area (Å²) in [4.78, 5) is 9.75. The molecule has 0 saturated carbocycles. The summed E-state index contributed by atoms with van der Waals surface area (Å²) in [5, 5.41) is 10.2. The van der Waals surface area contributed by atoms with E-state index in [0.717, 1.165) is 10.2 Å². The van der Waals surface area contributed by atoms with Crippen LogP contribution in [-0.2, 0) is 10.0 Å². The van der Waals surface area contributed by atoms with Crippen molar-refractivity contribution >= 4 is 16.1 Å². The Morgan fingerprint density at radius 3 is 2.47 bits per heavy atom. The van der Waals surface area contributed by atoms with E-state index in [9.17, 15) is 18.5 Å². The van der Waals surface area contributed by atoms with Crippen LogP contribution < -0.4 is 0 Å². The lowest BCUT2D eigenvalue weighted by atomic mass is 10.3. The maximum Gasteiger partial charge on any atom is 0.267 e. The molecule has 0 bridgehead atoms. The maximum atomic E-state index is 12.2. The smallest absolute Gasteiger partial charge is 0.259 e. The van der Waals surface area contributed by atoms with Gasteiger partial charge in [-0.25, -0.2) is 12.4 Å². The van der Waals surface area contributed by atoms with E-state index in [2.05, 4.69) is 0 Å². The summed E-state index contributed by atoms with van der Waals surface area (Å²) in [5.74, 6) is 0. The van der Waals surface area contributed by atoms with Crippen molar-refractivity contribution in [1.82, 2.24) is 3.97 Å². The molecular formula is C12H10N2O4S. The summed E-state index contributed by atoms with van der Waals surface area (Å²) in [5.41, 5.74) is 0.441. The molecule has 0 radical (unpaired) electrons. The van der Waals surface area contributed by atoms with Crippen LogP contribution in [0.15, 0.2) is 59.9 Å².